The fourth-order valence-corrected chi connectivity index (χ4v) is 3.12. The fraction of sp³-hybridized carbons (Fsp3) is 0.389. The minimum atomic E-state index is -3.03. The Hall–Kier alpha value is -2.85. The van der Waals surface area contributed by atoms with E-state index in [0.717, 1.165) is 0 Å². The first kappa shape index (κ1) is 19.9. The summed E-state index contributed by atoms with van der Waals surface area (Å²) in [5, 5.41) is 12.3. The molecule has 0 aliphatic carbocycles. The third-order valence-corrected chi connectivity index (χ3v) is 4.20. The number of furan rings is 1. The molecule has 0 bridgehead atoms. The van der Waals surface area contributed by atoms with Crippen molar-refractivity contribution in [3.8, 4) is 5.75 Å². The van der Waals surface area contributed by atoms with Crippen molar-refractivity contribution in [2.45, 2.75) is 25.9 Å². The van der Waals surface area contributed by atoms with Crippen LogP contribution in [-0.4, -0.2) is 36.3 Å². The molecular weight excluding hydrogens is 378 g/mol. The third kappa shape index (κ3) is 4.34. The summed E-state index contributed by atoms with van der Waals surface area (Å²) >= 11 is 0. The average molecular weight is 396 g/mol. The molecule has 0 saturated heterocycles. The van der Waals surface area contributed by atoms with E-state index in [1.165, 1.54) is 18.5 Å². The Labute approximate surface area is 158 Å². The fourth-order valence-electron chi connectivity index (χ4n) is 3.12. The van der Waals surface area contributed by atoms with Crippen LogP contribution in [0.15, 0.2) is 35.0 Å². The highest BCUT2D eigenvalue weighted by Crippen LogP contribution is 2.40. The minimum absolute atomic E-state index is 0.0971. The number of halogens is 2. The van der Waals surface area contributed by atoms with Gasteiger partial charge in [-0.05, 0) is 31.0 Å². The van der Waals surface area contributed by atoms with Gasteiger partial charge in [-0.1, -0.05) is 6.07 Å². The van der Waals surface area contributed by atoms with Gasteiger partial charge in [-0.2, -0.15) is 8.78 Å². The number of rotatable bonds is 10. The number of hydrogen-bond donors (Lipinski definition) is 0. The van der Waals surface area contributed by atoms with Crippen LogP contribution >= 0.6 is 0 Å². The molecule has 0 spiro atoms. The standard InChI is InChI=1S/C18H18F2N2O6/c1-2-25-26-8-6-11(10-22(23)24)12-3-4-14(28-18(19)20)17-16(12)13-5-7-21-9-15(13)27-17/h3-5,7,9,11,18H,2,6,8,10H2,1H3. The van der Waals surface area contributed by atoms with Crippen molar-refractivity contribution in [1.29, 1.82) is 0 Å². The maximum Gasteiger partial charge on any atom is 0.387 e. The molecule has 3 aromatic rings. The van der Waals surface area contributed by atoms with E-state index in [-0.39, 0.29) is 24.5 Å². The Kier molecular flexibility index (Phi) is 6.32. The van der Waals surface area contributed by atoms with Gasteiger partial charge in [0.2, 0.25) is 6.54 Å². The second-order valence-corrected chi connectivity index (χ2v) is 5.94. The number of alkyl halides is 2. The Balaban J connectivity index is 2.10. The summed E-state index contributed by atoms with van der Waals surface area (Å²) in [6.07, 6.45) is 3.28. The number of pyridine rings is 1. The van der Waals surface area contributed by atoms with Crippen LogP contribution in [0, 0.1) is 10.1 Å². The van der Waals surface area contributed by atoms with Crippen LogP contribution in [0.3, 0.4) is 0 Å². The maximum absolute atomic E-state index is 12.8. The van der Waals surface area contributed by atoms with Crippen molar-refractivity contribution in [1.82, 2.24) is 4.98 Å². The zero-order valence-corrected chi connectivity index (χ0v) is 15.0. The molecule has 0 amide bonds. The summed E-state index contributed by atoms with van der Waals surface area (Å²) in [6.45, 7) is -1.15. The van der Waals surface area contributed by atoms with E-state index in [0.29, 0.717) is 34.9 Å². The van der Waals surface area contributed by atoms with Gasteiger partial charge in [0.05, 0.1) is 25.3 Å². The van der Waals surface area contributed by atoms with Crippen LogP contribution in [0.2, 0.25) is 0 Å². The van der Waals surface area contributed by atoms with Crippen LogP contribution in [0.25, 0.3) is 21.9 Å². The van der Waals surface area contributed by atoms with Gasteiger partial charge >= 0.3 is 6.61 Å². The van der Waals surface area contributed by atoms with Gasteiger partial charge in [0.25, 0.3) is 0 Å². The highest BCUT2D eigenvalue weighted by Gasteiger charge is 2.25. The Bertz CT molecular complexity index is 962. The van der Waals surface area contributed by atoms with E-state index >= 15 is 0 Å². The molecule has 0 saturated carbocycles. The van der Waals surface area contributed by atoms with Crippen molar-refractivity contribution in [3.05, 3.63) is 46.3 Å². The largest absolute Gasteiger partial charge is 0.451 e. The van der Waals surface area contributed by atoms with Gasteiger partial charge in [-0.15, -0.1) is 0 Å². The summed E-state index contributed by atoms with van der Waals surface area (Å²) in [5.41, 5.74) is 1.05. The highest BCUT2D eigenvalue weighted by atomic mass is 19.3. The first-order chi connectivity index (χ1) is 13.5. The van der Waals surface area contributed by atoms with Crippen molar-refractivity contribution in [2.75, 3.05) is 19.8 Å². The van der Waals surface area contributed by atoms with Crippen molar-refractivity contribution in [2.24, 2.45) is 0 Å². The van der Waals surface area contributed by atoms with E-state index in [9.17, 15) is 18.9 Å². The molecule has 0 aliphatic rings. The van der Waals surface area contributed by atoms with Crippen LogP contribution in [-0.2, 0) is 9.78 Å². The smallest absolute Gasteiger partial charge is 0.387 e. The monoisotopic (exact) mass is 396 g/mol. The molecule has 150 valence electrons. The van der Waals surface area contributed by atoms with E-state index in [4.69, 9.17) is 14.2 Å². The van der Waals surface area contributed by atoms with Crippen LogP contribution in [0.5, 0.6) is 5.75 Å². The molecule has 1 unspecified atom stereocenters. The molecule has 8 nitrogen and oxygen atoms in total. The predicted octanol–water partition coefficient (Wildman–Crippen LogP) is 4.30. The van der Waals surface area contributed by atoms with Crippen molar-refractivity contribution >= 4 is 21.9 Å². The predicted molar refractivity (Wildman–Crippen MR) is 94.9 cm³/mol. The molecule has 1 atom stereocenters. The Morgan fingerprint density at radius 1 is 1.29 bits per heavy atom. The summed E-state index contributed by atoms with van der Waals surface area (Å²) < 4.78 is 35.8. The number of benzene rings is 1. The van der Waals surface area contributed by atoms with Gasteiger partial charge < -0.3 is 9.15 Å². The van der Waals surface area contributed by atoms with Crippen molar-refractivity contribution in [3.63, 3.8) is 0 Å². The molecule has 1 aromatic carbocycles. The molecule has 0 radical (unpaired) electrons. The molecule has 10 heteroatoms. The Morgan fingerprint density at radius 2 is 2.11 bits per heavy atom. The quantitative estimate of drug-likeness (QED) is 0.218. The summed E-state index contributed by atoms with van der Waals surface area (Å²) in [6, 6.07) is 4.54. The molecule has 2 heterocycles. The molecule has 28 heavy (non-hydrogen) atoms. The molecule has 0 aliphatic heterocycles. The van der Waals surface area contributed by atoms with E-state index in [1.807, 2.05) is 0 Å². The second kappa shape index (κ2) is 8.89. The minimum Gasteiger partial charge on any atom is -0.451 e. The van der Waals surface area contributed by atoms with Gasteiger partial charge in [0.1, 0.15) is 0 Å². The van der Waals surface area contributed by atoms with E-state index in [1.54, 1.807) is 19.1 Å². The number of aromatic nitrogens is 1. The summed E-state index contributed by atoms with van der Waals surface area (Å²) in [7, 11) is 0. The van der Waals surface area contributed by atoms with Gasteiger partial charge in [-0.3, -0.25) is 15.1 Å². The van der Waals surface area contributed by atoms with Crippen LogP contribution < -0.4 is 4.74 Å². The first-order valence-electron chi connectivity index (χ1n) is 8.61. The lowest BCUT2D eigenvalue weighted by molar-refractivity contribution is -0.484. The molecule has 0 N–H and O–H groups in total. The van der Waals surface area contributed by atoms with Gasteiger partial charge in [0, 0.05) is 21.9 Å². The zero-order valence-electron chi connectivity index (χ0n) is 15.0. The lowest BCUT2D eigenvalue weighted by Crippen LogP contribution is -2.15. The maximum atomic E-state index is 12.8. The number of ether oxygens (including phenoxy) is 1. The van der Waals surface area contributed by atoms with Crippen LogP contribution in [0.1, 0.15) is 24.8 Å². The lowest BCUT2D eigenvalue weighted by Gasteiger charge is -2.15. The van der Waals surface area contributed by atoms with Gasteiger partial charge in [-0.25, -0.2) is 9.78 Å². The molecule has 2 aromatic heterocycles. The zero-order chi connectivity index (χ0) is 20.1. The normalized spacial score (nSPS) is 12.7. The number of fused-ring (bicyclic) bond motifs is 3. The summed E-state index contributed by atoms with van der Waals surface area (Å²) in [4.78, 5) is 24.6. The topological polar surface area (TPSA) is 96.9 Å². The van der Waals surface area contributed by atoms with E-state index in [2.05, 4.69) is 9.72 Å². The highest BCUT2D eigenvalue weighted by molar-refractivity contribution is 6.08. The Morgan fingerprint density at radius 3 is 2.82 bits per heavy atom. The average Bonchev–Trinajstić information content (AvgIpc) is 3.04. The first-order valence-corrected chi connectivity index (χ1v) is 8.61. The number of hydrogen-bond acceptors (Lipinski definition) is 7. The van der Waals surface area contributed by atoms with Crippen molar-refractivity contribution < 1.29 is 32.6 Å². The second-order valence-electron chi connectivity index (χ2n) is 5.94. The van der Waals surface area contributed by atoms with E-state index < -0.39 is 17.5 Å². The molecule has 3 rings (SSSR count). The van der Waals surface area contributed by atoms with Gasteiger partial charge in [0.15, 0.2) is 16.9 Å². The number of nitro groups is 1. The lowest BCUT2D eigenvalue weighted by atomic mass is 9.92. The SMILES string of the molecule is CCOOCCC(C[N+](=O)[O-])c1ccc(OC(F)F)c2oc3cnccc3c12. The number of nitrogens with zero attached hydrogens (tertiary/aromatic N) is 2. The van der Waals surface area contributed by atoms with Crippen LogP contribution in [0.4, 0.5) is 8.78 Å². The summed E-state index contributed by atoms with van der Waals surface area (Å²) in [5.74, 6) is -0.692. The molecule has 0 fully saturated rings. The molecular formula is C18H18F2N2O6. The third-order valence-electron chi connectivity index (χ3n) is 4.20.